The molecule has 1 aromatic carbocycles. The van der Waals surface area contributed by atoms with E-state index in [-0.39, 0.29) is 18.7 Å². The van der Waals surface area contributed by atoms with Gasteiger partial charge in [-0.3, -0.25) is 4.90 Å². The molecule has 118 valence electrons. The summed E-state index contributed by atoms with van der Waals surface area (Å²) in [6, 6.07) is 9.66. The number of benzene rings is 1. The third-order valence-corrected chi connectivity index (χ3v) is 4.86. The van der Waals surface area contributed by atoms with E-state index in [4.69, 9.17) is 5.73 Å². The van der Waals surface area contributed by atoms with Crippen LogP contribution in [0.4, 0.5) is 0 Å². The second-order valence-electron chi connectivity index (χ2n) is 6.27. The lowest BCUT2D eigenvalue weighted by molar-refractivity contribution is 0.0577. The average molecular weight is 290 g/mol. The van der Waals surface area contributed by atoms with Gasteiger partial charge in [-0.25, -0.2) is 0 Å². The number of hydrogen-bond donors (Lipinski definition) is 2. The van der Waals surface area contributed by atoms with Gasteiger partial charge in [-0.2, -0.15) is 0 Å². The number of nitrogens with two attached hydrogens (primary N) is 1. The zero-order valence-electron chi connectivity index (χ0n) is 13.5. The van der Waals surface area contributed by atoms with Crippen LogP contribution in [0.2, 0.25) is 0 Å². The molecule has 3 nitrogen and oxygen atoms in total. The van der Waals surface area contributed by atoms with Crippen LogP contribution < -0.4 is 5.73 Å². The summed E-state index contributed by atoms with van der Waals surface area (Å²) in [7, 11) is 0. The number of aliphatic hydroxyl groups excluding tert-OH is 1. The molecule has 2 rings (SSSR count). The molecule has 0 amide bonds. The van der Waals surface area contributed by atoms with Crippen LogP contribution in [0.25, 0.3) is 0 Å². The van der Waals surface area contributed by atoms with Gasteiger partial charge in [0, 0.05) is 25.2 Å². The van der Waals surface area contributed by atoms with Gasteiger partial charge < -0.3 is 10.8 Å². The number of nitrogens with zero attached hydrogens (tertiary/aromatic N) is 1. The lowest BCUT2D eigenvalue weighted by Gasteiger charge is -2.45. The van der Waals surface area contributed by atoms with E-state index in [0.29, 0.717) is 6.04 Å². The lowest BCUT2D eigenvalue weighted by Crippen LogP contribution is -2.49. The average Bonchev–Trinajstić information content (AvgIpc) is 2.44. The Bertz CT molecular complexity index is 431. The molecule has 0 heterocycles. The molecule has 1 aliphatic rings. The van der Waals surface area contributed by atoms with Crippen molar-refractivity contribution in [1.29, 1.82) is 0 Å². The molecule has 3 N–H and O–H groups in total. The second kappa shape index (κ2) is 7.92. The first-order valence-electron chi connectivity index (χ1n) is 8.36. The Morgan fingerprint density at radius 1 is 1.33 bits per heavy atom. The molecule has 0 bridgehead atoms. The second-order valence-corrected chi connectivity index (χ2v) is 6.27. The van der Waals surface area contributed by atoms with Gasteiger partial charge >= 0.3 is 0 Å². The van der Waals surface area contributed by atoms with Crippen LogP contribution in [-0.2, 0) is 0 Å². The maximum Gasteiger partial charge on any atom is 0.0504 e. The number of aliphatic hydroxyl groups is 1. The quantitative estimate of drug-likeness (QED) is 0.774. The molecule has 0 saturated heterocycles. The van der Waals surface area contributed by atoms with E-state index in [1.165, 1.54) is 30.4 Å². The van der Waals surface area contributed by atoms with Crippen molar-refractivity contribution in [1.82, 2.24) is 4.90 Å². The Hall–Kier alpha value is -0.900. The van der Waals surface area contributed by atoms with Crippen LogP contribution in [-0.4, -0.2) is 35.2 Å². The fourth-order valence-corrected chi connectivity index (χ4v) is 3.32. The van der Waals surface area contributed by atoms with E-state index in [2.05, 4.69) is 43.0 Å². The summed E-state index contributed by atoms with van der Waals surface area (Å²) >= 11 is 0. The number of rotatable bonds is 8. The summed E-state index contributed by atoms with van der Waals surface area (Å²) in [5.74, 6) is 0. The topological polar surface area (TPSA) is 49.5 Å². The van der Waals surface area contributed by atoms with E-state index in [1.54, 1.807) is 0 Å². The predicted octanol–water partition coefficient (Wildman–Crippen LogP) is 3.01. The first-order valence-corrected chi connectivity index (χ1v) is 8.36. The van der Waals surface area contributed by atoms with Crippen molar-refractivity contribution in [3.05, 3.63) is 35.4 Å². The zero-order valence-corrected chi connectivity index (χ0v) is 13.5. The molecule has 1 fully saturated rings. The molecule has 0 aliphatic heterocycles. The van der Waals surface area contributed by atoms with E-state index < -0.39 is 0 Å². The van der Waals surface area contributed by atoms with Gasteiger partial charge in [0.2, 0.25) is 0 Å². The number of hydrogen-bond acceptors (Lipinski definition) is 3. The van der Waals surface area contributed by atoms with E-state index in [9.17, 15) is 5.11 Å². The predicted molar refractivity (Wildman–Crippen MR) is 88.2 cm³/mol. The van der Waals surface area contributed by atoms with Crippen LogP contribution in [0.3, 0.4) is 0 Å². The van der Waals surface area contributed by atoms with Crippen molar-refractivity contribution in [3.63, 3.8) is 0 Å². The highest BCUT2D eigenvalue weighted by molar-refractivity contribution is 5.30. The summed E-state index contributed by atoms with van der Waals surface area (Å²) in [5.41, 5.74) is 9.18. The molecule has 3 heteroatoms. The minimum atomic E-state index is 0.144. The molecule has 2 atom stereocenters. The Kier molecular flexibility index (Phi) is 6.22. The SMILES string of the molecule is CCC(N)C(c1ccccc1C)N(CCCO)C1CCC1. The van der Waals surface area contributed by atoms with Crippen LogP contribution in [0, 0.1) is 6.92 Å². The molecule has 2 unspecified atom stereocenters. The van der Waals surface area contributed by atoms with Crippen LogP contribution in [0.1, 0.15) is 56.2 Å². The fourth-order valence-electron chi connectivity index (χ4n) is 3.32. The molecule has 0 spiro atoms. The summed E-state index contributed by atoms with van der Waals surface area (Å²) in [5, 5.41) is 9.23. The van der Waals surface area contributed by atoms with Gasteiger partial charge in [-0.05, 0) is 43.7 Å². The minimum absolute atomic E-state index is 0.144. The zero-order chi connectivity index (χ0) is 15.2. The standard InChI is InChI=1S/C18H30N2O/c1-3-17(19)18(16-11-5-4-8-14(16)2)20(12-7-13-21)15-9-6-10-15/h4-5,8,11,15,17-18,21H,3,6-7,9-10,12-13,19H2,1-2H3. The molecule has 1 saturated carbocycles. The van der Waals surface area contributed by atoms with E-state index >= 15 is 0 Å². The Morgan fingerprint density at radius 3 is 2.57 bits per heavy atom. The number of aryl methyl sites for hydroxylation is 1. The fraction of sp³-hybridized carbons (Fsp3) is 0.667. The van der Waals surface area contributed by atoms with Crippen molar-refractivity contribution in [3.8, 4) is 0 Å². The highest BCUT2D eigenvalue weighted by atomic mass is 16.3. The Balaban J connectivity index is 2.29. The smallest absolute Gasteiger partial charge is 0.0504 e. The molecule has 21 heavy (non-hydrogen) atoms. The van der Waals surface area contributed by atoms with E-state index in [1.807, 2.05) is 0 Å². The van der Waals surface area contributed by atoms with Gasteiger partial charge in [0.05, 0.1) is 6.04 Å². The summed E-state index contributed by atoms with van der Waals surface area (Å²) < 4.78 is 0. The first-order chi connectivity index (χ1) is 10.2. The van der Waals surface area contributed by atoms with Crippen LogP contribution in [0.15, 0.2) is 24.3 Å². The largest absolute Gasteiger partial charge is 0.396 e. The molecule has 1 aliphatic carbocycles. The monoisotopic (exact) mass is 290 g/mol. The summed E-state index contributed by atoms with van der Waals surface area (Å²) in [4.78, 5) is 2.57. The first kappa shape index (κ1) is 16.5. The van der Waals surface area contributed by atoms with Crippen molar-refractivity contribution in [2.45, 2.75) is 64.1 Å². The maximum absolute atomic E-state index is 9.23. The van der Waals surface area contributed by atoms with Crippen molar-refractivity contribution in [2.75, 3.05) is 13.2 Å². The van der Waals surface area contributed by atoms with Crippen LogP contribution in [0.5, 0.6) is 0 Å². The van der Waals surface area contributed by atoms with Gasteiger partial charge in [0.1, 0.15) is 0 Å². The highest BCUT2D eigenvalue weighted by Gasteiger charge is 2.34. The molecular weight excluding hydrogens is 260 g/mol. The van der Waals surface area contributed by atoms with Crippen LogP contribution >= 0.6 is 0 Å². The van der Waals surface area contributed by atoms with Gasteiger partial charge in [0.25, 0.3) is 0 Å². The summed E-state index contributed by atoms with van der Waals surface area (Å²) in [6.07, 6.45) is 5.66. The molecule has 1 aromatic rings. The normalized spacial score (nSPS) is 18.5. The van der Waals surface area contributed by atoms with Crippen molar-refractivity contribution >= 4 is 0 Å². The Morgan fingerprint density at radius 2 is 2.05 bits per heavy atom. The minimum Gasteiger partial charge on any atom is -0.396 e. The van der Waals surface area contributed by atoms with Gasteiger partial charge in [0.15, 0.2) is 0 Å². The van der Waals surface area contributed by atoms with Crippen molar-refractivity contribution < 1.29 is 5.11 Å². The lowest BCUT2D eigenvalue weighted by atomic mass is 9.85. The Labute approximate surface area is 129 Å². The molecular formula is C18H30N2O. The van der Waals surface area contributed by atoms with Crippen molar-refractivity contribution in [2.24, 2.45) is 5.73 Å². The maximum atomic E-state index is 9.23. The summed E-state index contributed by atoms with van der Waals surface area (Å²) in [6.45, 7) is 5.54. The van der Waals surface area contributed by atoms with Gasteiger partial charge in [-0.15, -0.1) is 0 Å². The third-order valence-electron chi connectivity index (χ3n) is 4.86. The van der Waals surface area contributed by atoms with E-state index in [0.717, 1.165) is 19.4 Å². The third kappa shape index (κ3) is 3.85. The van der Waals surface area contributed by atoms with Gasteiger partial charge in [-0.1, -0.05) is 37.6 Å². The molecule has 0 aromatic heterocycles. The molecule has 0 radical (unpaired) electrons. The highest BCUT2D eigenvalue weighted by Crippen LogP contribution is 2.35.